The van der Waals surface area contributed by atoms with E-state index in [9.17, 15) is 0 Å². The van der Waals surface area contributed by atoms with Crippen molar-refractivity contribution in [1.29, 1.82) is 0 Å². The molecule has 0 aliphatic heterocycles. The maximum absolute atomic E-state index is 5.01. The van der Waals surface area contributed by atoms with E-state index in [0.29, 0.717) is 6.04 Å². The summed E-state index contributed by atoms with van der Waals surface area (Å²) >= 11 is 0. The Labute approximate surface area is 134 Å². The number of aliphatic imine (C=N–C) groups is 1. The minimum absolute atomic E-state index is 0. The number of nitrogens with one attached hydrogen (secondary N) is 2. The molecule has 19 heavy (non-hydrogen) atoms. The molecular formula is C13H29IN4O. The van der Waals surface area contributed by atoms with Gasteiger partial charge in [-0.2, -0.15) is 0 Å². The predicted molar refractivity (Wildman–Crippen MR) is 91.5 cm³/mol. The molecule has 0 saturated heterocycles. The molecule has 0 bridgehead atoms. The fourth-order valence-corrected chi connectivity index (χ4v) is 1.87. The van der Waals surface area contributed by atoms with Crippen LogP contribution < -0.4 is 10.6 Å². The topological polar surface area (TPSA) is 48.9 Å². The molecule has 0 amide bonds. The molecule has 0 aromatic carbocycles. The van der Waals surface area contributed by atoms with E-state index in [1.807, 2.05) is 0 Å². The molecule has 1 saturated carbocycles. The van der Waals surface area contributed by atoms with Gasteiger partial charge in [-0.05, 0) is 33.2 Å². The molecule has 6 heteroatoms. The SMILES string of the molecule is CN=C(NCCCOC)NCC(C)N(C)C1CC1.I. The van der Waals surface area contributed by atoms with Crippen molar-refractivity contribution in [2.45, 2.75) is 38.3 Å². The lowest BCUT2D eigenvalue weighted by Crippen LogP contribution is -2.45. The second kappa shape index (κ2) is 10.7. The molecule has 2 N–H and O–H groups in total. The van der Waals surface area contributed by atoms with Crippen molar-refractivity contribution in [3.05, 3.63) is 0 Å². The largest absolute Gasteiger partial charge is 0.385 e. The number of hydrogen-bond donors (Lipinski definition) is 2. The number of likely N-dealkylation sites (N-methyl/N-ethyl adjacent to an activating group) is 1. The van der Waals surface area contributed by atoms with Crippen LogP contribution in [-0.4, -0.2) is 63.8 Å². The molecule has 0 spiro atoms. The zero-order valence-electron chi connectivity index (χ0n) is 12.6. The minimum atomic E-state index is 0. The van der Waals surface area contributed by atoms with E-state index in [-0.39, 0.29) is 24.0 Å². The summed E-state index contributed by atoms with van der Waals surface area (Å²) in [6.45, 7) is 4.85. The van der Waals surface area contributed by atoms with Crippen LogP contribution in [-0.2, 0) is 4.74 Å². The van der Waals surface area contributed by atoms with E-state index in [2.05, 4.69) is 34.5 Å². The summed E-state index contributed by atoms with van der Waals surface area (Å²) in [5, 5.41) is 6.65. The summed E-state index contributed by atoms with van der Waals surface area (Å²) < 4.78 is 5.01. The van der Waals surface area contributed by atoms with Crippen LogP contribution in [0.5, 0.6) is 0 Å². The van der Waals surface area contributed by atoms with Crippen LogP contribution in [0.1, 0.15) is 26.2 Å². The highest BCUT2D eigenvalue weighted by Gasteiger charge is 2.28. The van der Waals surface area contributed by atoms with Crippen molar-refractivity contribution in [3.63, 3.8) is 0 Å². The van der Waals surface area contributed by atoms with Crippen LogP contribution in [0.25, 0.3) is 0 Å². The Kier molecular flexibility index (Phi) is 10.6. The Bertz CT molecular complexity index is 259. The molecule has 114 valence electrons. The van der Waals surface area contributed by atoms with Crippen LogP contribution in [0.4, 0.5) is 0 Å². The number of guanidine groups is 1. The first-order valence-electron chi connectivity index (χ1n) is 6.84. The average molecular weight is 384 g/mol. The van der Waals surface area contributed by atoms with Gasteiger partial charge in [0.15, 0.2) is 5.96 Å². The van der Waals surface area contributed by atoms with E-state index >= 15 is 0 Å². The highest BCUT2D eigenvalue weighted by molar-refractivity contribution is 14.0. The van der Waals surface area contributed by atoms with Crippen molar-refractivity contribution >= 4 is 29.9 Å². The zero-order valence-corrected chi connectivity index (χ0v) is 14.9. The quantitative estimate of drug-likeness (QED) is 0.287. The Balaban J connectivity index is 0.00000324. The standard InChI is InChI=1S/C13H28N4O.HI/c1-11(17(3)12-6-7-12)10-16-13(14-2)15-8-5-9-18-4;/h11-12H,5-10H2,1-4H3,(H2,14,15,16);1H. The first kappa shape index (κ1) is 18.9. The first-order valence-corrected chi connectivity index (χ1v) is 6.84. The molecule has 5 nitrogen and oxygen atoms in total. The van der Waals surface area contributed by atoms with Crippen LogP contribution in [0.3, 0.4) is 0 Å². The molecule has 1 aliphatic carbocycles. The average Bonchev–Trinajstić information content (AvgIpc) is 3.21. The minimum Gasteiger partial charge on any atom is -0.385 e. The Morgan fingerprint density at radius 2 is 2.11 bits per heavy atom. The van der Waals surface area contributed by atoms with Crippen molar-refractivity contribution in [2.75, 3.05) is 40.9 Å². The molecule has 0 radical (unpaired) electrons. The number of methoxy groups -OCH3 is 1. The van der Waals surface area contributed by atoms with Crippen molar-refractivity contribution in [3.8, 4) is 0 Å². The van der Waals surface area contributed by atoms with Crippen LogP contribution >= 0.6 is 24.0 Å². The second-order valence-electron chi connectivity index (χ2n) is 4.97. The number of nitrogens with zero attached hydrogens (tertiary/aromatic N) is 2. The van der Waals surface area contributed by atoms with Gasteiger partial charge in [0.05, 0.1) is 0 Å². The van der Waals surface area contributed by atoms with E-state index in [4.69, 9.17) is 4.74 Å². The van der Waals surface area contributed by atoms with Gasteiger partial charge in [-0.3, -0.25) is 9.89 Å². The monoisotopic (exact) mass is 384 g/mol. The smallest absolute Gasteiger partial charge is 0.191 e. The molecule has 1 atom stereocenters. The Hall–Kier alpha value is -0.0800. The number of halogens is 1. The fourth-order valence-electron chi connectivity index (χ4n) is 1.87. The second-order valence-corrected chi connectivity index (χ2v) is 4.97. The molecule has 1 fully saturated rings. The van der Waals surface area contributed by atoms with E-state index < -0.39 is 0 Å². The molecular weight excluding hydrogens is 355 g/mol. The highest BCUT2D eigenvalue weighted by Crippen LogP contribution is 2.26. The van der Waals surface area contributed by atoms with Crippen molar-refractivity contribution < 1.29 is 4.74 Å². The van der Waals surface area contributed by atoms with Gasteiger partial charge in [0.25, 0.3) is 0 Å². The van der Waals surface area contributed by atoms with Gasteiger partial charge in [0.2, 0.25) is 0 Å². The molecule has 0 heterocycles. The zero-order chi connectivity index (χ0) is 13.4. The van der Waals surface area contributed by atoms with E-state index in [0.717, 1.165) is 38.1 Å². The van der Waals surface area contributed by atoms with Gasteiger partial charge in [0, 0.05) is 45.9 Å². The lowest BCUT2D eigenvalue weighted by molar-refractivity contribution is 0.195. The maximum Gasteiger partial charge on any atom is 0.191 e. The molecule has 1 unspecified atom stereocenters. The van der Waals surface area contributed by atoms with Gasteiger partial charge in [-0.1, -0.05) is 0 Å². The van der Waals surface area contributed by atoms with Gasteiger partial charge in [0.1, 0.15) is 0 Å². The summed E-state index contributed by atoms with van der Waals surface area (Å²) in [7, 11) is 5.74. The van der Waals surface area contributed by atoms with Gasteiger partial charge < -0.3 is 15.4 Å². The van der Waals surface area contributed by atoms with Crippen molar-refractivity contribution in [1.82, 2.24) is 15.5 Å². The summed E-state index contributed by atoms with van der Waals surface area (Å²) in [4.78, 5) is 6.66. The molecule has 1 aliphatic rings. The van der Waals surface area contributed by atoms with E-state index in [1.165, 1.54) is 12.8 Å². The van der Waals surface area contributed by atoms with Gasteiger partial charge >= 0.3 is 0 Å². The molecule has 1 rings (SSSR count). The fraction of sp³-hybridized carbons (Fsp3) is 0.923. The highest BCUT2D eigenvalue weighted by atomic mass is 127. The number of rotatable bonds is 8. The maximum atomic E-state index is 5.01. The summed E-state index contributed by atoms with van der Waals surface area (Å²) in [6.07, 6.45) is 3.70. The van der Waals surface area contributed by atoms with Gasteiger partial charge in [-0.15, -0.1) is 24.0 Å². The lowest BCUT2D eigenvalue weighted by Gasteiger charge is -2.25. The van der Waals surface area contributed by atoms with Crippen LogP contribution in [0.2, 0.25) is 0 Å². The molecule has 0 aromatic rings. The first-order chi connectivity index (χ1) is 8.69. The third kappa shape index (κ3) is 7.94. The summed E-state index contributed by atoms with van der Waals surface area (Å²) in [5.74, 6) is 0.877. The van der Waals surface area contributed by atoms with Gasteiger partial charge in [-0.25, -0.2) is 0 Å². The third-order valence-corrected chi connectivity index (χ3v) is 3.42. The van der Waals surface area contributed by atoms with E-state index in [1.54, 1.807) is 14.2 Å². The van der Waals surface area contributed by atoms with Crippen molar-refractivity contribution in [2.24, 2.45) is 4.99 Å². The third-order valence-electron chi connectivity index (χ3n) is 3.42. The number of hydrogen-bond acceptors (Lipinski definition) is 3. The Morgan fingerprint density at radius 3 is 2.63 bits per heavy atom. The van der Waals surface area contributed by atoms with Crippen LogP contribution in [0.15, 0.2) is 4.99 Å². The molecule has 0 aromatic heterocycles. The normalized spacial score (nSPS) is 17.0. The predicted octanol–water partition coefficient (Wildman–Crippen LogP) is 1.29. The number of ether oxygens (including phenoxy) is 1. The summed E-state index contributed by atoms with van der Waals surface area (Å²) in [5.41, 5.74) is 0. The van der Waals surface area contributed by atoms with Crippen LogP contribution in [0, 0.1) is 0 Å². The lowest BCUT2D eigenvalue weighted by atomic mass is 10.3. The summed E-state index contributed by atoms with van der Waals surface area (Å²) in [6, 6.07) is 1.34. The Morgan fingerprint density at radius 1 is 1.42 bits per heavy atom.